The molecule has 2 aromatic rings. The lowest BCUT2D eigenvalue weighted by Gasteiger charge is -2.33. The quantitative estimate of drug-likeness (QED) is 0.812. The number of amides is 1. The van der Waals surface area contributed by atoms with Crippen LogP contribution in [-0.2, 0) is 14.3 Å². The van der Waals surface area contributed by atoms with Crippen LogP contribution in [0.4, 0.5) is 0 Å². The zero-order valence-electron chi connectivity index (χ0n) is 13.9. The Morgan fingerprint density at radius 1 is 1.12 bits per heavy atom. The zero-order chi connectivity index (χ0) is 17.1. The van der Waals surface area contributed by atoms with Gasteiger partial charge in [0.1, 0.15) is 6.04 Å². The molecule has 0 aromatic heterocycles. The number of hydrogen-bond donors (Lipinski definition) is 0. The highest BCUT2D eigenvalue weighted by Gasteiger charge is 2.42. The van der Waals surface area contributed by atoms with Gasteiger partial charge in [0.15, 0.2) is 0 Å². The van der Waals surface area contributed by atoms with Crippen LogP contribution in [0.3, 0.4) is 0 Å². The van der Waals surface area contributed by atoms with Crippen LogP contribution < -0.4 is 0 Å². The second-order valence-electron chi connectivity index (χ2n) is 6.05. The molecule has 3 rings (SSSR count). The molecular weight excluding hydrogens is 302 g/mol. The molecule has 0 saturated carbocycles. The van der Waals surface area contributed by atoms with E-state index in [0.29, 0.717) is 12.8 Å². The SMILES string of the molecule is COC(=O)C1CCC(=O)N1C(c1ccccc1)c1ccccc1C. The van der Waals surface area contributed by atoms with Crippen LogP contribution >= 0.6 is 0 Å². The van der Waals surface area contributed by atoms with E-state index in [4.69, 9.17) is 4.74 Å². The number of carbonyl (C=O) groups is 2. The Morgan fingerprint density at radius 3 is 2.46 bits per heavy atom. The summed E-state index contributed by atoms with van der Waals surface area (Å²) < 4.78 is 4.93. The van der Waals surface area contributed by atoms with Gasteiger partial charge in [0, 0.05) is 6.42 Å². The molecule has 4 nitrogen and oxygen atoms in total. The van der Waals surface area contributed by atoms with Gasteiger partial charge in [0.2, 0.25) is 5.91 Å². The lowest BCUT2D eigenvalue weighted by Crippen LogP contribution is -2.42. The molecule has 2 atom stereocenters. The maximum atomic E-state index is 12.6. The molecule has 1 amide bonds. The number of likely N-dealkylation sites (tertiary alicyclic amines) is 1. The Kier molecular flexibility index (Phi) is 4.65. The van der Waals surface area contributed by atoms with Crippen LogP contribution in [-0.4, -0.2) is 29.9 Å². The summed E-state index contributed by atoms with van der Waals surface area (Å²) in [5.74, 6) is -0.363. The van der Waals surface area contributed by atoms with E-state index in [1.54, 1.807) is 4.90 Å². The van der Waals surface area contributed by atoms with Crippen LogP contribution in [0.15, 0.2) is 54.6 Å². The largest absolute Gasteiger partial charge is 0.467 e. The van der Waals surface area contributed by atoms with Crippen LogP contribution in [0.25, 0.3) is 0 Å². The van der Waals surface area contributed by atoms with Crippen molar-refractivity contribution in [2.24, 2.45) is 0 Å². The summed E-state index contributed by atoms with van der Waals surface area (Å²) in [5, 5.41) is 0. The third kappa shape index (κ3) is 2.92. The van der Waals surface area contributed by atoms with Crippen molar-refractivity contribution >= 4 is 11.9 Å². The van der Waals surface area contributed by atoms with E-state index in [0.717, 1.165) is 16.7 Å². The van der Waals surface area contributed by atoms with E-state index in [1.165, 1.54) is 7.11 Å². The van der Waals surface area contributed by atoms with E-state index in [9.17, 15) is 9.59 Å². The number of esters is 1. The van der Waals surface area contributed by atoms with Crippen molar-refractivity contribution in [2.45, 2.75) is 31.8 Å². The average molecular weight is 323 g/mol. The molecule has 1 aliphatic rings. The summed E-state index contributed by atoms with van der Waals surface area (Å²) in [6.45, 7) is 2.03. The van der Waals surface area contributed by atoms with Crippen molar-refractivity contribution < 1.29 is 14.3 Å². The van der Waals surface area contributed by atoms with Gasteiger partial charge in [-0.1, -0.05) is 54.6 Å². The van der Waals surface area contributed by atoms with Crippen molar-refractivity contribution in [3.05, 3.63) is 71.3 Å². The topological polar surface area (TPSA) is 46.6 Å². The number of aryl methyl sites for hydroxylation is 1. The van der Waals surface area contributed by atoms with Gasteiger partial charge in [-0.3, -0.25) is 4.79 Å². The maximum absolute atomic E-state index is 12.6. The van der Waals surface area contributed by atoms with Gasteiger partial charge < -0.3 is 9.64 Å². The molecule has 2 aromatic carbocycles. The predicted molar refractivity (Wildman–Crippen MR) is 91.3 cm³/mol. The van der Waals surface area contributed by atoms with E-state index in [2.05, 4.69) is 0 Å². The number of rotatable bonds is 4. The number of methoxy groups -OCH3 is 1. The second-order valence-corrected chi connectivity index (χ2v) is 6.05. The van der Waals surface area contributed by atoms with Gasteiger partial charge in [-0.2, -0.15) is 0 Å². The van der Waals surface area contributed by atoms with Gasteiger partial charge in [-0.05, 0) is 30.0 Å². The molecule has 1 heterocycles. The van der Waals surface area contributed by atoms with Crippen LogP contribution in [0.1, 0.15) is 35.6 Å². The number of nitrogens with zero attached hydrogens (tertiary/aromatic N) is 1. The Morgan fingerprint density at radius 2 is 1.79 bits per heavy atom. The molecule has 0 aliphatic carbocycles. The number of hydrogen-bond acceptors (Lipinski definition) is 3. The fraction of sp³-hybridized carbons (Fsp3) is 0.300. The van der Waals surface area contributed by atoms with Crippen molar-refractivity contribution in [3.8, 4) is 0 Å². The minimum atomic E-state index is -0.535. The first-order chi connectivity index (χ1) is 11.6. The van der Waals surface area contributed by atoms with Gasteiger partial charge >= 0.3 is 5.97 Å². The summed E-state index contributed by atoms with van der Waals surface area (Å²) in [4.78, 5) is 26.5. The Hall–Kier alpha value is -2.62. The van der Waals surface area contributed by atoms with Gasteiger partial charge in [0.25, 0.3) is 0 Å². The monoisotopic (exact) mass is 323 g/mol. The van der Waals surface area contributed by atoms with Crippen molar-refractivity contribution in [2.75, 3.05) is 7.11 Å². The highest BCUT2D eigenvalue weighted by molar-refractivity contribution is 5.89. The zero-order valence-corrected chi connectivity index (χ0v) is 13.9. The lowest BCUT2D eigenvalue weighted by molar-refractivity contribution is -0.150. The van der Waals surface area contributed by atoms with Gasteiger partial charge in [-0.15, -0.1) is 0 Å². The number of ether oxygens (including phenoxy) is 1. The normalized spacial score (nSPS) is 18.5. The lowest BCUT2D eigenvalue weighted by atomic mass is 9.93. The Bertz CT molecular complexity index is 742. The minimum absolute atomic E-state index is 0.0116. The third-order valence-electron chi connectivity index (χ3n) is 4.61. The van der Waals surface area contributed by atoms with Gasteiger partial charge in [-0.25, -0.2) is 4.79 Å². The molecule has 4 heteroatoms. The predicted octanol–water partition coefficient (Wildman–Crippen LogP) is 3.25. The van der Waals surface area contributed by atoms with Crippen molar-refractivity contribution in [3.63, 3.8) is 0 Å². The molecule has 1 saturated heterocycles. The van der Waals surface area contributed by atoms with Crippen molar-refractivity contribution in [1.82, 2.24) is 4.90 Å². The highest BCUT2D eigenvalue weighted by Crippen LogP contribution is 2.37. The average Bonchev–Trinajstić information content (AvgIpc) is 2.99. The smallest absolute Gasteiger partial charge is 0.328 e. The standard InChI is InChI=1S/C20H21NO3/c1-14-8-6-7-11-16(14)19(15-9-4-3-5-10-15)21-17(20(23)24-2)12-13-18(21)22/h3-11,17,19H,12-13H2,1-2H3. The molecule has 124 valence electrons. The van der Waals surface area contributed by atoms with E-state index < -0.39 is 6.04 Å². The van der Waals surface area contributed by atoms with E-state index >= 15 is 0 Å². The Balaban J connectivity index is 2.13. The minimum Gasteiger partial charge on any atom is -0.467 e. The maximum Gasteiger partial charge on any atom is 0.328 e. The van der Waals surface area contributed by atoms with Crippen LogP contribution in [0, 0.1) is 6.92 Å². The fourth-order valence-corrected chi connectivity index (χ4v) is 3.41. The summed E-state index contributed by atoms with van der Waals surface area (Å²) in [6.07, 6.45) is 0.871. The molecular formula is C20H21NO3. The van der Waals surface area contributed by atoms with E-state index in [-0.39, 0.29) is 17.9 Å². The van der Waals surface area contributed by atoms with Crippen molar-refractivity contribution in [1.29, 1.82) is 0 Å². The highest BCUT2D eigenvalue weighted by atomic mass is 16.5. The summed E-state index contributed by atoms with van der Waals surface area (Å²) in [5.41, 5.74) is 3.12. The molecule has 0 N–H and O–H groups in total. The van der Waals surface area contributed by atoms with Crippen LogP contribution in [0.2, 0.25) is 0 Å². The molecule has 0 spiro atoms. The second kappa shape index (κ2) is 6.87. The summed E-state index contributed by atoms with van der Waals surface area (Å²) >= 11 is 0. The molecule has 0 bridgehead atoms. The molecule has 2 unspecified atom stereocenters. The van der Waals surface area contributed by atoms with Crippen LogP contribution in [0.5, 0.6) is 0 Å². The number of benzene rings is 2. The first kappa shape index (κ1) is 16.2. The van der Waals surface area contributed by atoms with Gasteiger partial charge in [0.05, 0.1) is 13.2 Å². The van der Waals surface area contributed by atoms with E-state index in [1.807, 2.05) is 61.5 Å². The molecule has 0 radical (unpaired) electrons. The fourth-order valence-electron chi connectivity index (χ4n) is 3.41. The first-order valence-corrected chi connectivity index (χ1v) is 8.13. The first-order valence-electron chi connectivity index (χ1n) is 8.13. The number of carbonyl (C=O) groups excluding carboxylic acids is 2. The molecule has 1 aliphatic heterocycles. The molecule has 1 fully saturated rings. The molecule has 24 heavy (non-hydrogen) atoms. The summed E-state index contributed by atoms with van der Waals surface area (Å²) in [7, 11) is 1.37. The summed E-state index contributed by atoms with van der Waals surface area (Å²) in [6, 6.07) is 17.0. The Labute approximate surface area is 142 Å². The third-order valence-corrected chi connectivity index (χ3v) is 4.61.